The van der Waals surface area contributed by atoms with Crippen molar-refractivity contribution in [2.45, 2.75) is 0 Å². The highest BCUT2D eigenvalue weighted by Gasteiger charge is 2.21. The van der Waals surface area contributed by atoms with Crippen molar-refractivity contribution in [1.29, 1.82) is 0 Å². The number of hydrogen-bond donors (Lipinski definition) is 0. The van der Waals surface area contributed by atoms with Gasteiger partial charge in [-0.1, -0.05) is 0 Å². The Kier molecular flexibility index (Phi) is 8.22. The Balaban J connectivity index is 1.49. The van der Waals surface area contributed by atoms with Gasteiger partial charge >= 0.3 is 16.9 Å². The second kappa shape index (κ2) is 12.9. The van der Waals surface area contributed by atoms with Crippen molar-refractivity contribution in [2.75, 3.05) is 42.7 Å². The van der Waals surface area contributed by atoms with Crippen LogP contribution in [0, 0.1) is 0 Å². The van der Waals surface area contributed by atoms with Gasteiger partial charge in [0.15, 0.2) is 34.5 Å². The maximum Gasteiger partial charge on any atom is 0.347 e. The van der Waals surface area contributed by atoms with E-state index < -0.39 is 16.9 Å². The minimum atomic E-state index is -0.712. The van der Waals surface area contributed by atoms with E-state index in [1.165, 1.54) is 79.1 Å². The number of rotatable bonds is 9. The molecule has 4 aromatic carbocycles. The Morgan fingerprint density at radius 1 is 0.373 bits per heavy atom. The maximum atomic E-state index is 13.3. The molecule has 0 saturated carbocycles. The lowest BCUT2D eigenvalue weighted by atomic mass is 10.0. The van der Waals surface area contributed by atoms with Crippen molar-refractivity contribution in [2.24, 2.45) is 0 Å². The molecule has 3 aromatic heterocycles. The van der Waals surface area contributed by atoms with Crippen LogP contribution in [0.1, 0.15) is 0 Å². The number of hydrogen-bond acceptors (Lipinski definition) is 15. The maximum absolute atomic E-state index is 13.3. The van der Waals surface area contributed by atoms with Crippen LogP contribution in [-0.4, -0.2) is 57.6 Å². The van der Waals surface area contributed by atoms with Gasteiger partial charge in [-0.2, -0.15) is 0 Å². The van der Waals surface area contributed by atoms with E-state index in [-0.39, 0.29) is 67.1 Å². The first-order chi connectivity index (χ1) is 24.7. The van der Waals surface area contributed by atoms with E-state index in [2.05, 4.69) is 15.0 Å². The first kappa shape index (κ1) is 32.6. The molecule has 15 nitrogen and oxygen atoms in total. The van der Waals surface area contributed by atoms with Gasteiger partial charge in [0.1, 0.15) is 0 Å². The SMILES string of the molecule is COc1cc2nc(-c3cc(-c4nc5cc(OC)c(OC)cc5c(=O)o4)cc(-c4nc5cc(OC)c(OC)cc5c(=O)o4)c3)oc(=O)c2cc1OC. The summed E-state index contributed by atoms with van der Waals surface area (Å²) in [6.45, 7) is 0. The van der Waals surface area contributed by atoms with Gasteiger partial charge in [0, 0.05) is 53.1 Å². The highest BCUT2D eigenvalue weighted by Crippen LogP contribution is 2.36. The minimum absolute atomic E-state index is 0.119. The molecular formula is C36H27N3O12. The Morgan fingerprint density at radius 3 is 0.843 bits per heavy atom. The molecule has 0 aliphatic carbocycles. The zero-order valence-electron chi connectivity index (χ0n) is 27.9. The zero-order chi connectivity index (χ0) is 36.0. The lowest BCUT2D eigenvalue weighted by Gasteiger charge is -2.11. The molecule has 0 aliphatic heterocycles. The second-order valence-electron chi connectivity index (χ2n) is 10.9. The summed E-state index contributed by atoms with van der Waals surface area (Å²) >= 11 is 0. The van der Waals surface area contributed by atoms with Crippen LogP contribution in [0.5, 0.6) is 34.5 Å². The predicted octanol–water partition coefficient (Wildman–Crippen LogP) is 5.24. The van der Waals surface area contributed by atoms with Gasteiger partial charge < -0.3 is 41.7 Å². The van der Waals surface area contributed by atoms with E-state index in [9.17, 15) is 14.4 Å². The third-order valence-electron chi connectivity index (χ3n) is 8.07. The second-order valence-corrected chi connectivity index (χ2v) is 10.9. The lowest BCUT2D eigenvalue weighted by molar-refractivity contribution is 0.355. The van der Waals surface area contributed by atoms with E-state index in [0.29, 0.717) is 34.5 Å². The summed E-state index contributed by atoms with van der Waals surface area (Å²) in [5, 5.41) is 0.433. The molecule has 0 atom stereocenters. The predicted molar refractivity (Wildman–Crippen MR) is 184 cm³/mol. The fourth-order valence-electron chi connectivity index (χ4n) is 5.57. The molecule has 0 bridgehead atoms. The molecule has 0 fully saturated rings. The largest absolute Gasteiger partial charge is 0.493 e. The summed E-state index contributed by atoms with van der Waals surface area (Å²) in [4.78, 5) is 53.6. The normalized spacial score (nSPS) is 11.2. The van der Waals surface area contributed by atoms with Crippen LogP contribution < -0.4 is 45.3 Å². The molecule has 3 heterocycles. The summed E-state index contributed by atoms with van der Waals surface area (Å²) in [6.07, 6.45) is 0. The quantitative estimate of drug-likeness (QED) is 0.191. The Bertz CT molecular complexity index is 2390. The summed E-state index contributed by atoms with van der Waals surface area (Å²) in [6, 6.07) is 13.7. The molecule has 0 N–H and O–H groups in total. The van der Waals surface area contributed by atoms with Gasteiger partial charge in [-0.15, -0.1) is 0 Å². The highest BCUT2D eigenvalue weighted by atomic mass is 16.5. The molecule has 0 saturated heterocycles. The van der Waals surface area contributed by atoms with Crippen LogP contribution in [0.25, 0.3) is 67.1 Å². The van der Waals surface area contributed by atoms with E-state index in [4.69, 9.17) is 41.7 Å². The van der Waals surface area contributed by atoms with Crippen molar-refractivity contribution < 1.29 is 41.7 Å². The third kappa shape index (κ3) is 5.69. The Labute approximate surface area is 286 Å². The van der Waals surface area contributed by atoms with E-state index in [0.717, 1.165) is 0 Å². The van der Waals surface area contributed by atoms with Crippen molar-refractivity contribution in [3.63, 3.8) is 0 Å². The number of benzene rings is 4. The number of nitrogens with zero attached hydrogens (tertiary/aromatic N) is 3. The van der Waals surface area contributed by atoms with Gasteiger partial charge in [-0.05, 0) is 18.2 Å². The Hall–Kier alpha value is -6.90. The van der Waals surface area contributed by atoms with Crippen LogP contribution in [0.15, 0.2) is 82.2 Å². The van der Waals surface area contributed by atoms with Crippen LogP contribution in [0.3, 0.4) is 0 Å². The summed E-state index contributed by atoms with van der Waals surface area (Å²) in [7, 11) is 8.69. The average molecular weight is 694 g/mol. The number of aromatic nitrogens is 3. The molecule has 7 rings (SSSR count). The number of methoxy groups -OCH3 is 6. The summed E-state index contributed by atoms with van der Waals surface area (Å²) in [5.41, 5.74) is -0.710. The fourth-order valence-corrected chi connectivity index (χ4v) is 5.57. The number of ether oxygens (including phenoxy) is 6. The van der Waals surface area contributed by atoms with E-state index in [1.807, 2.05) is 0 Å². The first-order valence-corrected chi connectivity index (χ1v) is 15.0. The molecule has 0 radical (unpaired) electrons. The van der Waals surface area contributed by atoms with Crippen molar-refractivity contribution >= 4 is 32.7 Å². The van der Waals surface area contributed by atoms with Crippen molar-refractivity contribution in [1.82, 2.24) is 15.0 Å². The molecule has 0 unspecified atom stereocenters. The molecule has 0 spiro atoms. The van der Waals surface area contributed by atoms with Crippen molar-refractivity contribution in [3.05, 3.63) is 85.9 Å². The van der Waals surface area contributed by atoms with Gasteiger partial charge in [-0.25, -0.2) is 29.3 Å². The molecule has 0 aliphatic rings. The fraction of sp³-hybridized carbons (Fsp3) is 0.167. The number of fused-ring (bicyclic) bond motifs is 3. The summed E-state index contributed by atoms with van der Waals surface area (Å²) < 4.78 is 49.3. The lowest BCUT2D eigenvalue weighted by Crippen LogP contribution is -2.06. The molecule has 15 heteroatoms. The molecule has 0 amide bonds. The van der Waals surface area contributed by atoms with Crippen LogP contribution in [-0.2, 0) is 0 Å². The van der Waals surface area contributed by atoms with Crippen molar-refractivity contribution in [3.8, 4) is 68.9 Å². The topological polar surface area (TPSA) is 185 Å². The van der Waals surface area contributed by atoms with Crippen LogP contribution in [0.2, 0.25) is 0 Å². The average Bonchev–Trinajstić information content (AvgIpc) is 3.15. The summed E-state index contributed by atoms with van der Waals surface area (Å²) in [5.74, 6) is 1.61. The third-order valence-corrected chi connectivity index (χ3v) is 8.07. The van der Waals surface area contributed by atoms with Crippen LogP contribution in [0.4, 0.5) is 0 Å². The van der Waals surface area contributed by atoms with Gasteiger partial charge in [0.05, 0.1) is 75.4 Å². The molecule has 258 valence electrons. The standard InChI is InChI=1S/C36H27N3O12/c1-43-25-10-19-22(13-28(25)46-4)37-31(49-34(19)40)16-7-17(32-38-23-14-29(47-5)26(44-2)11-20(23)35(41)50-32)9-18(8-16)33-39-24-15-30(48-6)27(45-3)12-21(24)36(42)51-33/h7-15H,1-6H3. The smallest absolute Gasteiger partial charge is 0.347 e. The Morgan fingerprint density at radius 2 is 0.608 bits per heavy atom. The molecule has 7 aromatic rings. The zero-order valence-corrected chi connectivity index (χ0v) is 27.9. The highest BCUT2D eigenvalue weighted by molar-refractivity contribution is 5.86. The minimum Gasteiger partial charge on any atom is -0.493 e. The van der Waals surface area contributed by atoms with E-state index >= 15 is 0 Å². The van der Waals surface area contributed by atoms with Gasteiger partial charge in [0.2, 0.25) is 17.7 Å². The first-order valence-electron chi connectivity index (χ1n) is 15.0. The molecule has 51 heavy (non-hydrogen) atoms. The van der Waals surface area contributed by atoms with Crippen LogP contribution >= 0.6 is 0 Å². The monoisotopic (exact) mass is 693 g/mol. The molecular weight excluding hydrogens is 666 g/mol. The van der Waals surface area contributed by atoms with Gasteiger partial charge in [-0.3, -0.25) is 0 Å². The van der Waals surface area contributed by atoms with E-state index in [1.54, 1.807) is 18.2 Å². The van der Waals surface area contributed by atoms with Gasteiger partial charge in [0.25, 0.3) is 0 Å².